The average Bonchev–Trinajstić information content (AvgIpc) is 2.61. The number of alkyl halides is 3. The Morgan fingerprint density at radius 2 is 1.84 bits per heavy atom. The standard InChI is InChI=1S/C18H20F3N3O/c1-25-14-9-5-6-12(10-14)15-11-16(18(19,20)21)24-17(23-15)22-13-7-3-2-4-8-13/h5-6,9-11,13H,2-4,7-8H2,1H3,(H,22,23,24). The van der Waals surface area contributed by atoms with Gasteiger partial charge in [0.25, 0.3) is 0 Å². The molecule has 134 valence electrons. The van der Waals surface area contributed by atoms with Crippen molar-refractivity contribution in [3.8, 4) is 17.0 Å². The number of nitrogens with zero attached hydrogens (tertiary/aromatic N) is 2. The van der Waals surface area contributed by atoms with Crippen LogP contribution in [0.15, 0.2) is 30.3 Å². The maximum absolute atomic E-state index is 13.2. The molecule has 1 aliphatic rings. The van der Waals surface area contributed by atoms with Gasteiger partial charge in [-0.05, 0) is 31.0 Å². The van der Waals surface area contributed by atoms with E-state index >= 15 is 0 Å². The summed E-state index contributed by atoms with van der Waals surface area (Å²) in [4.78, 5) is 8.00. The molecule has 1 fully saturated rings. The summed E-state index contributed by atoms with van der Waals surface area (Å²) in [5.74, 6) is 0.589. The molecule has 1 aliphatic carbocycles. The molecule has 7 heteroatoms. The van der Waals surface area contributed by atoms with Gasteiger partial charge in [0.1, 0.15) is 5.75 Å². The Hall–Kier alpha value is -2.31. The van der Waals surface area contributed by atoms with Crippen LogP contribution in [-0.2, 0) is 6.18 Å². The van der Waals surface area contributed by atoms with Crippen molar-refractivity contribution in [2.75, 3.05) is 12.4 Å². The quantitative estimate of drug-likeness (QED) is 0.850. The number of nitrogens with one attached hydrogen (secondary N) is 1. The van der Waals surface area contributed by atoms with Crippen molar-refractivity contribution >= 4 is 5.95 Å². The van der Waals surface area contributed by atoms with E-state index in [1.54, 1.807) is 24.3 Å². The molecular formula is C18H20F3N3O. The minimum atomic E-state index is -4.53. The third-order valence-corrected chi connectivity index (χ3v) is 4.32. The summed E-state index contributed by atoms with van der Waals surface area (Å²) in [7, 11) is 1.51. The number of benzene rings is 1. The third kappa shape index (κ3) is 4.41. The topological polar surface area (TPSA) is 47.0 Å². The summed E-state index contributed by atoms with van der Waals surface area (Å²) >= 11 is 0. The SMILES string of the molecule is COc1cccc(-c2cc(C(F)(F)F)nc(NC3CCCCC3)n2)c1. The summed E-state index contributed by atoms with van der Waals surface area (Å²) in [6, 6.07) is 7.91. The van der Waals surface area contributed by atoms with Crippen molar-refractivity contribution in [1.29, 1.82) is 0 Å². The Balaban J connectivity index is 1.97. The Kier molecular flexibility index (Phi) is 5.11. The highest BCUT2D eigenvalue weighted by atomic mass is 19.4. The van der Waals surface area contributed by atoms with Crippen LogP contribution in [0.25, 0.3) is 11.3 Å². The minimum Gasteiger partial charge on any atom is -0.497 e. The van der Waals surface area contributed by atoms with Gasteiger partial charge in [-0.25, -0.2) is 9.97 Å². The van der Waals surface area contributed by atoms with Gasteiger partial charge in [-0.1, -0.05) is 31.4 Å². The first-order valence-electron chi connectivity index (χ1n) is 8.33. The predicted molar refractivity (Wildman–Crippen MR) is 89.5 cm³/mol. The Morgan fingerprint density at radius 1 is 1.08 bits per heavy atom. The Labute approximate surface area is 144 Å². The molecule has 1 aromatic heterocycles. The van der Waals surface area contributed by atoms with E-state index in [0.29, 0.717) is 11.3 Å². The number of hydrogen-bond donors (Lipinski definition) is 1. The second kappa shape index (κ2) is 7.29. The van der Waals surface area contributed by atoms with Crippen LogP contribution in [0.1, 0.15) is 37.8 Å². The van der Waals surface area contributed by atoms with Crippen molar-refractivity contribution in [3.63, 3.8) is 0 Å². The van der Waals surface area contributed by atoms with Crippen LogP contribution in [0.5, 0.6) is 5.75 Å². The van der Waals surface area contributed by atoms with Crippen LogP contribution >= 0.6 is 0 Å². The zero-order valence-corrected chi connectivity index (χ0v) is 13.9. The van der Waals surface area contributed by atoms with E-state index in [4.69, 9.17) is 4.74 Å². The van der Waals surface area contributed by atoms with E-state index in [1.165, 1.54) is 7.11 Å². The van der Waals surface area contributed by atoms with E-state index in [0.717, 1.165) is 38.2 Å². The van der Waals surface area contributed by atoms with Crippen molar-refractivity contribution < 1.29 is 17.9 Å². The molecule has 0 spiro atoms. The van der Waals surface area contributed by atoms with Gasteiger partial charge in [0, 0.05) is 11.6 Å². The lowest BCUT2D eigenvalue weighted by Crippen LogP contribution is -2.24. The number of halogens is 3. The molecule has 3 rings (SSSR count). The summed E-state index contributed by atoms with van der Waals surface area (Å²) in [6.07, 6.45) is 0.622. The van der Waals surface area contributed by atoms with E-state index in [1.807, 2.05) is 0 Å². The van der Waals surface area contributed by atoms with Gasteiger partial charge in [0.05, 0.1) is 12.8 Å². The van der Waals surface area contributed by atoms with Gasteiger partial charge in [-0.15, -0.1) is 0 Å². The van der Waals surface area contributed by atoms with Gasteiger partial charge >= 0.3 is 6.18 Å². The third-order valence-electron chi connectivity index (χ3n) is 4.32. The highest BCUT2D eigenvalue weighted by molar-refractivity contribution is 5.63. The molecule has 25 heavy (non-hydrogen) atoms. The molecule has 1 heterocycles. The van der Waals surface area contributed by atoms with Gasteiger partial charge in [0.2, 0.25) is 5.95 Å². The summed E-state index contributed by atoms with van der Waals surface area (Å²) in [5, 5.41) is 3.08. The van der Waals surface area contributed by atoms with E-state index in [9.17, 15) is 13.2 Å². The molecule has 0 radical (unpaired) electrons. The van der Waals surface area contributed by atoms with Gasteiger partial charge in [0.15, 0.2) is 5.69 Å². The van der Waals surface area contributed by atoms with E-state index in [2.05, 4.69) is 15.3 Å². The highest BCUT2D eigenvalue weighted by Crippen LogP contribution is 2.32. The fourth-order valence-corrected chi connectivity index (χ4v) is 3.02. The van der Waals surface area contributed by atoms with Crippen molar-refractivity contribution in [2.45, 2.75) is 44.3 Å². The van der Waals surface area contributed by atoms with Crippen LogP contribution in [0.2, 0.25) is 0 Å². The Bertz CT molecular complexity index is 728. The summed E-state index contributed by atoms with van der Waals surface area (Å²) < 4.78 is 44.9. The smallest absolute Gasteiger partial charge is 0.433 e. The second-order valence-electron chi connectivity index (χ2n) is 6.17. The molecule has 1 saturated carbocycles. The first kappa shape index (κ1) is 17.5. The largest absolute Gasteiger partial charge is 0.497 e. The van der Waals surface area contributed by atoms with Crippen LogP contribution in [-0.4, -0.2) is 23.1 Å². The molecule has 0 aliphatic heterocycles. The number of ether oxygens (including phenoxy) is 1. The molecule has 0 unspecified atom stereocenters. The van der Waals surface area contributed by atoms with Crippen molar-refractivity contribution in [3.05, 3.63) is 36.0 Å². The van der Waals surface area contributed by atoms with Crippen LogP contribution in [0, 0.1) is 0 Å². The number of anilines is 1. The highest BCUT2D eigenvalue weighted by Gasteiger charge is 2.34. The summed E-state index contributed by atoms with van der Waals surface area (Å²) in [5.41, 5.74) is -0.169. The zero-order chi connectivity index (χ0) is 17.9. The molecule has 0 saturated heterocycles. The fourth-order valence-electron chi connectivity index (χ4n) is 3.02. The van der Waals surface area contributed by atoms with Gasteiger partial charge < -0.3 is 10.1 Å². The molecule has 2 aromatic rings. The minimum absolute atomic E-state index is 0.0274. The van der Waals surface area contributed by atoms with E-state index < -0.39 is 11.9 Å². The molecule has 1 N–H and O–H groups in total. The fraction of sp³-hybridized carbons (Fsp3) is 0.444. The number of hydrogen-bond acceptors (Lipinski definition) is 4. The summed E-state index contributed by atoms with van der Waals surface area (Å²) in [6.45, 7) is 0. The molecule has 0 amide bonds. The Morgan fingerprint density at radius 3 is 2.52 bits per heavy atom. The molecule has 4 nitrogen and oxygen atoms in total. The van der Waals surface area contributed by atoms with Crippen LogP contribution in [0.3, 0.4) is 0 Å². The van der Waals surface area contributed by atoms with Crippen LogP contribution < -0.4 is 10.1 Å². The monoisotopic (exact) mass is 351 g/mol. The maximum atomic E-state index is 13.2. The average molecular weight is 351 g/mol. The van der Waals surface area contributed by atoms with E-state index in [-0.39, 0.29) is 17.7 Å². The van der Waals surface area contributed by atoms with Gasteiger partial charge in [-0.2, -0.15) is 13.2 Å². The lowest BCUT2D eigenvalue weighted by Gasteiger charge is -2.23. The lowest BCUT2D eigenvalue weighted by molar-refractivity contribution is -0.141. The van der Waals surface area contributed by atoms with Crippen molar-refractivity contribution in [1.82, 2.24) is 9.97 Å². The molecule has 0 atom stereocenters. The first-order valence-corrected chi connectivity index (χ1v) is 8.33. The van der Waals surface area contributed by atoms with Gasteiger partial charge in [-0.3, -0.25) is 0 Å². The second-order valence-corrected chi connectivity index (χ2v) is 6.17. The molecule has 1 aromatic carbocycles. The normalized spacial score (nSPS) is 15.8. The first-order chi connectivity index (χ1) is 12.0. The van der Waals surface area contributed by atoms with Crippen molar-refractivity contribution in [2.24, 2.45) is 0 Å². The lowest BCUT2D eigenvalue weighted by atomic mass is 9.96. The number of aromatic nitrogens is 2. The number of methoxy groups -OCH3 is 1. The molecule has 0 bridgehead atoms. The predicted octanol–water partition coefficient (Wildman–Crippen LogP) is 4.92. The number of rotatable bonds is 4. The zero-order valence-electron chi connectivity index (χ0n) is 13.9. The molecular weight excluding hydrogens is 331 g/mol. The van der Waals surface area contributed by atoms with Crippen LogP contribution in [0.4, 0.5) is 19.1 Å². The maximum Gasteiger partial charge on any atom is 0.433 e.